The lowest BCUT2D eigenvalue weighted by Gasteiger charge is -2.30. The van der Waals surface area contributed by atoms with Crippen molar-refractivity contribution in [3.05, 3.63) is 34.2 Å². The number of carbonyl (C=O) groups is 1. The second kappa shape index (κ2) is 4.37. The molecule has 0 bridgehead atoms. The highest BCUT2D eigenvalue weighted by Crippen LogP contribution is 2.44. The van der Waals surface area contributed by atoms with Crippen LogP contribution >= 0.6 is 0 Å². The van der Waals surface area contributed by atoms with Crippen molar-refractivity contribution < 1.29 is 36.2 Å². The van der Waals surface area contributed by atoms with Crippen molar-refractivity contribution in [1.82, 2.24) is 4.98 Å². The lowest BCUT2D eigenvalue weighted by atomic mass is 9.92. The fourth-order valence-electron chi connectivity index (χ4n) is 1.21. The van der Waals surface area contributed by atoms with Gasteiger partial charge in [-0.15, -0.1) is 0 Å². The number of aromatic amines is 1. The number of alkyl halides is 6. The molecule has 0 aliphatic carbocycles. The number of hydrogen-bond donors (Lipinski definition) is 2. The Labute approximate surface area is 100 Å². The third-order valence-corrected chi connectivity index (χ3v) is 2.21. The van der Waals surface area contributed by atoms with Crippen molar-refractivity contribution in [2.45, 2.75) is 18.0 Å². The Morgan fingerprint density at radius 2 is 1.58 bits per heavy atom. The van der Waals surface area contributed by atoms with E-state index in [0.717, 1.165) is 12.3 Å². The average Bonchev–Trinajstić information content (AvgIpc) is 2.24. The van der Waals surface area contributed by atoms with Gasteiger partial charge in [-0.25, -0.2) is 0 Å². The van der Waals surface area contributed by atoms with Gasteiger partial charge in [0.25, 0.3) is 5.56 Å². The molecule has 1 aromatic heterocycles. The van der Waals surface area contributed by atoms with Crippen LogP contribution < -0.4 is 5.56 Å². The van der Waals surface area contributed by atoms with Crippen LogP contribution in [0.4, 0.5) is 26.3 Å². The highest BCUT2D eigenvalue weighted by atomic mass is 19.4. The van der Waals surface area contributed by atoms with E-state index in [-0.39, 0.29) is 0 Å². The second-order valence-electron chi connectivity index (χ2n) is 3.45. The summed E-state index contributed by atoms with van der Waals surface area (Å²) < 4.78 is 74.2. The van der Waals surface area contributed by atoms with E-state index in [1.165, 1.54) is 0 Å². The number of pyridine rings is 1. The molecule has 1 aromatic rings. The van der Waals surface area contributed by atoms with Crippen molar-refractivity contribution in [3.8, 4) is 0 Å². The number of halogens is 6. The SMILES string of the molecule is O=C(c1ccc[nH]c1=O)C(O)(C(F)(F)F)C(F)(F)F. The van der Waals surface area contributed by atoms with Gasteiger partial charge in [-0.05, 0) is 12.1 Å². The molecule has 0 unspecified atom stereocenters. The summed E-state index contributed by atoms with van der Waals surface area (Å²) in [6.07, 6.45) is -11.7. The van der Waals surface area contributed by atoms with Gasteiger partial charge in [0.1, 0.15) is 0 Å². The Bertz CT molecular complexity index is 530. The van der Waals surface area contributed by atoms with Crippen LogP contribution in [0.3, 0.4) is 0 Å². The Balaban J connectivity index is 3.50. The van der Waals surface area contributed by atoms with E-state index in [9.17, 15) is 35.9 Å². The lowest BCUT2D eigenvalue weighted by molar-refractivity contribution is -0.342. The number of nitrogens with one attached hydrogen (secondary N) is 1. The standard InChI is InChI=1S/C9H5F6NO3/c10-8(11,12)7(19,9(13,14)15)5(17)4-2-1-3-16-6(4)18/h1-3,19H,(H,16,18). The first-order valence-corrected chi connectivity index (χ1v) is 4.51. The summed E-state index contributed by atoms with van der Waals surface area (Å²) in [5.74, 6) is -2.78. The number of carbonyl (C=O) groups excluding carboxylic acids is 1. The number of aromatic nitrogens is 1. The predicted octanol–water partition coefficient (Wildman–Crippen LogP) is 1.41. The zero-order valence-corrected chi connectivity index (χ0v) is 8.76. The van der Waals surface area contributed by atoms with Crippen molar-refractivity contribution in [2.24, 2.45) is 0 Å². The Morgan fingerprint density at radius 1 is 1.11 bits per heavy atom. The summed E-state index contributed by atoms with van der Waals surface area (Å²) in [5.41, 5.74) is -8.55. The third kappa shape index (κ3) is 2.35. The molecule has 1 heterocycles. The molecule has 10 heteroatoms. The summed E-state index contributed by atoms with van der Waals surface area (Å²) in [4.78, 5) is 24.0. The number of ketones is 1. The molecule has 0 aliphatic heterocycles. The molecule has 0 amide bonds. The summed E-state index contributed by atoms with van der Waals surface area (Å²) in [6, 6.07) is 1.30. The second-order valence-corrected chi connectivity index (χ2v) is 3.45. The number of aliphatic hydroxyl groups is 1. The van der Waals surface area contributed by atoms with Gasteiger partial charge in [0.05, 0.1) is 5.56 Å². The number of rotatable bonds is 2. The molecule has 0 atom stereocenters. The van der Waals surface area contributed by atoms with Crippen molar-refractivity contribution in [3.63, 3.8) is 0 Å². The molecule has 19 heavy (non-hydrogen) atoms. The van der Waals surface area contributed by atoms with E-state index in [1.54, 1.807) is 4.98 Å². The molecular weight excluding hydrogens is 284 g/mol. The van der Waals surface area contributed by atoms with E-state index in [4.69, 9.17) is 5.11 Å². The summed E-state index contributed by atoms with van der Waals surface area (Å²) in [7, 11) is 0. The van der Waals surface area contributed by atoms with E-state index >= 15 is 0 Å². The molecule has 0 fully saturated rings. The highest BCUT2D eigenvalue weighted by Gasteiger charge is 2.75. The molecule has 0 saturated carbocycles. The molecule has 0 aromatic carbocycles. The first-order valence-electron chi connectivity index (χ1n) is 4.51. The van der Waals surface area contributed by atoms with Crippen LogP contribution in [-0.4, -0.2) is 33.8 Å². The normalized spacial score (nSPS) is 13.4. The van der Waals surface area contributed by atoms with Crippen LogP contribution in [-0.2, 0) is 0 Å². The molecule has 1 rings (SSSR count). The maximum atomic E-state index is 12.4. The molecule has 0 radical (unpaired) electrons. The van der Waals surface area contributed by atoms with Crippen molar-refractivity contribution in [1.29, 1.82) is 0 Å². The Morgan fingerprint density at radius 3 is 1.95 bits per heavy atom. The van der Waals surface area contributed by atoms with E-state index in [1.807, 2.05) is 0 Å². The lowest BCUT2D eigenvalue weighted by Crippen LogP contribution is -2.63. The van der Waals surface area contributed by atoms with Crippen LogP contribution in [0.1, 0.15) is 10.4 Å². The van der Waals surface area contributed by atoms with Gasteiger partial charge in [-0.3, -0.25) is 9.59 Å². The highest BCUT2D eigenvalue weighted by molar-refractivity contribution is 6.03. The maximum absolute atomic E-state index is 12.4. The average molecular weight is 289 g/mol. The van der Waals surface area contributed by atoms with Gasteiger partial charge < -0.3 is 10.1 Å². The zero-order valence-electron chi connectivity index (χ0n) is 8.76. The molecule has 0 saturated heterocycles. The fourth-order valence-corrected chi connectivity index (χ4v) is 1.21. The molecular formula is C9H5F6NO3. The van der Waals surface area contributed by atoms with Crippen LogP contribution in [0.25, 0.3) is 0 Å². The number of hydrogen-bond acceptors (Lipinski definition) is 3. The molecule has 2 N–H and O–H groups in total. The van der Waals surface area contributed by atoms with Gasteiger partial charge in [-0.1, -0.05) is 0 Å². The van der Waals surface area contributed by atoms with E-state index < -0.39 is 34.9 Å². The van der Waals surface area contributed by atoms with Gasteiger partial charge in [0.2, 0.25) is 5.78 Å². The van der Waals surface area contributed by atoms with Gasteiger partial charge >= 0.3 is 18.0 Å². The predicted molar refractivity (Wildman–Crippen MR) is 48.5 cm³/mol. The molecule has 0 spiro atoms. The minimum absolute atomic E-state index is 0.448. The summed E-state index contributed by atoms with van der Waals surface area (Å²) in [5, 5.41) is 8.78. The van der Waals surface area contributed by atoms with Crippen molar-refractivity contribution in [2.75, 3.05) is 0 Å². The quantitative estimate of drug-likeness (QED) is 0.639. The molecule has 4 nitrogen and oxygen atoms in total. The zero-order chi connectivity index (χ0) is 15.1. The Hall–Kier alpha value is -1.84. The summed E-state index contributed by atoms with van der Waals surface area (Å²) in [6.45, 7) is 0. The fraction of sp³-hybridized carbons (Fsp3) is 0.333. The summed E-state index contributed by atoms with van der Waals surface area (Å²) >= 11 is 0. The number of Topliss-reactive ketones (excluding diaryl/α,β-unsaturated/α-hetero) is 1. The van der Waals surface area contributed by atoms with Crippen LogP contribution in [0.5, 0.6) is 0 Å². The number of H-pyrrole nitrogens is 1. The van der Waals surface area contributed by atoms with Crippen LogP contribution in [0.15, 0.2) is 23.1 Å². The largest absolute Gasteiger partial charge is 0.434 e. The minimum atomic E-state index is -6.31. The van der Waals surface area contributed by atoms with Crippen LogP contribution in [0, 0.1) is 0 Å². The van der Waals surface area contributed by atoms with Gasteiger partial charge in [0, 0.05) is 6.20 Å². The minimum Gasteiger partial charge on any atom is -0.367 e. The molecule has 0 aliphatic rings. The first-order chi connectivity index (χ1) is 8.43. The van der Waals surface area contributed by atoms with Crippen molar-refractivity contribution >= 4 is 5.78 Å². The maximum Gasteiger partial charge on any atom is 0.434 e. The van der Waals surface area contributed by atoms with Gasteiger partial charge in [-0.2, -0.15) is 26.3 Å². The molecule has 106 valence electrons. The topological polar surface area (TPSA) is 70.2 Å². The monoisotopic (exact) mass is 289 g/mol. The van der Waals surface area contributed by atoms with E-state index in [0.29, 0.717) is 6.07 Å². The van der Waals surface area contributed by atoms with E-state index in [2.05, 4.69) is 0 Å². The smallest absolute Gasteiger partial charge is 0.367 e. The van der Waals surface area contributed by atoms with Gasteiger partial charge in [0.15, 0.2) is 0 Å². The third-order valence-electron chi connectivity index (χ3n) is 2.21. The first kappa shape index (κ1) is 15.2. The Kier molecular flexibility index (Phi) is 3.50. The van der Waals surface area contributed by atoms with Crippen LogP contribution in [0.2, 0.25) is 0 Å².